The Morgan fingerprint density at radius 1 is 1.67 bits per heavy atom. The Balaban J connectivity index is 2.03. The van der Waals surface area contributed by atoms with Gasteiger partial charge in [-0.3, -0.25) is 20.9 Å². The molecular weight excluding hydrogens is 230 g/mol. The van der Waals surface area contributed by atoms with Crippen LogP contribution in [-0.2, 0) is 11.8 Å². The van der Waals surface area contributed by atoms with E-state index in [9.17, 15) is 0 Å². The number of rotatable bonds is 5. The maximum Gasteiger partial charge on any atom is 0.0911 e. The lowest BCUT2D eigenvalue weighted by molar-refractivity contribution is -0.0471. The van der Waals surface area contributed by atoms with Crippen molar-refractivity contribution >= 4 is 0 Å². The number of nitrogens with one attached hydrogen (secondary N) is 1. The highest BCUT2D eigenvalue weighted by Gasteiger charge is 2.29. The van der Waals surface area contributed by atoms with Gasteiger partial charge in [-0.15, -0.1) is 0 Å². The summed E-state index contributed by atoms with van der Waals surface area (Å²) in [5.74, 6) is 5.68. The van der Waals surface area contributed by atoms with E-state index in [2.05, 4.69) is 22.3 Å². The summed E-state index contributed by atoms with van der Waals surface area (Å²) >= 11 is 0. The molecule has 6 nitrogen and oxygen atoms in total. The summed E-state index contributed by atoms with van der Waals surface area (Å²) in [5.41, 5.74) is 3.93. The molecule has 18 heavy (non-hydrogen) atoms. The van der Waals surface area contributed by atoms with Crippen molar-refractivity contribution in [1.29, 1.82) is 0 Å². The number of aryl methyl sites for hydroxylation is 1. The Morgan fingerprint density at radius 2 is 2.50 bits per heavy atom. The highest BCUT2D eigenvalue weighted by molar-refractivity contribution is 5.12. The van der Waals surface area contributed by atoms with Crippen molar-refractivity contribution in [3.8, 4) is 0 Å². The molecule has 1 fully saturated rings. The van der Waals surface area contributed by atoms with Crippen molar-refractivity contribution in [2.75, 3.05) is 26.2 Å². The van der Waals surface area contributed by atoms with E-state index in [0.717, 1.165) is 31.8 Å². The first-order chi connectivity index (χ1) is 8.74. The Labute approximate surface area is 108 Å². The van der Waals surface area contributed by atoms with Crippen LogP contribution >= 0.6 is 0 Å². The summed E-state index contributed by atoms with van der Waals surface area (Å²) in [6.45, 7) is 6.00. The number of nitrogens with zero attached hydrogens (tertiary/aromatic N) is 3. The molecule has 1 aliphatic heterocycles. The number of aromatic nitrogens is 2. The number of hydrogen-bond donors (Lipinski definition) is 2. The minimum absolute atomic E-state index is 0.00152. The summed E-state index contributed by atoms with van der Waals surface area (Å²) in [5, 5.41) is 4.19. The van der Waals surface area contributed by atoms with Gasteiger partial charge in [0, 0.05) is 31.9 Å². The van der Waals surface area contributed by atoms with Gasteiger partial charge in [0.15, 0.2) is 0 Å². The third-order valence-corrected chi connectivity index (χ3v) is 3.35. The van der Waals surface area contributed by atoms with Crippen LogP contribution in [0.15, 0.2) is 12.4 Å². The van der Waals surface area contributed by atoms with Crippen LogP contribution in [0.25, 0.3) is 0 Å². The van der Waals surface area contributed by atoms with E-state index in [1.807, 2.05) is 19.4 Å². The van der Waals surface area contributed by atoms with Crippen LogP contribution < -0.4 is 11.3 Å². The minimum Gasteiger partial charge on any atom is -0.374 e. The molecule has 0 saturated carbocycles. The molecule has 1 aromatic heterocycles. The lowest BCUT2D eigenvalue weighted by Gasteiger charge is -2.36. The van der Waals surface area contributed by atoms with Crippen molar-refractivity contribution < 1.29 is 4.74 Å². The van der Waals surface area contributed by atoms with Crippen molar-refractivity contribution in [3.63, 3.8) is 0 Å². The van der Waals surface area contributed by atoms with Crippen LogP contribution in [-0.4, -0.2) is 47.0 Å². The molecule has 0 radical (unpaired) electrons. The average molecular weight is 253 g/mol. The van der Waals surface area contributed by atoms with Gasteiger partial charge in [0.25, 0.3) is 0 Å². The second-order valence-electron chi connectivity index (χ2n) is 4.80. The molecule has 0 bridgehead atoms. The van der Waals surface area contributed by atoms with Gasteiger partial charge in [-0.05, 0) is 13.0 Å². The molecule has 0 amide bonds. The van der Waals surface area contributed by atoms with E-state index >= 15 is 0 Å². The maximum absolute atomic E-state index is 5.85. The topological polar surface area (TPSA) is 68.3 Å². The van der Waals surface area contributed by atoms with Gasteiger partial charge in [0.05, 0.1) is 24.9 Å². The van der Waals surface area contributed by atoms with Crippen molar-refractivity contribution in [3.05, 3.63) is 18.0 Å². The van der Waals surface area contributed by atoms with E-state index in [1.54, 1.807) is 4.68 Å². The second-order valence-corrected chi connectivity index (χ2v) is 4.80. The lowest BCUT2D eigenvalue weighted by Crippen LogP contribution is -2.49. The molecule has 2 unspecified atom stereocenters. The fourth-order valence-electron chi connectivity index (χ4n) is 2.47. The number of morpholine rings is 1. The number of ether oxygens (including phenoxy) is 1. The standard InChI is InChI=1S/C12H23N5O/c1-3-4-17-5-6-18-11(9-17)12(15-13)10-7-14-16(2)8-10/h7-8,11-12,15H,3-6,9,13H2,1-2H3. The highest BCUT2D eigenvalue weighted by Crippen LogP contribution is 2.21. The van der Waals surface area contributed by atoms with Crippen molar-refractivity contribution in [1.82, 2.24) is 20.1 Å². The second kappa shape index (κ2) is 6.29. The van der Waals surface area contributed by atoms with Crippen LogP contribution in [0.2, 0.25) is 0 Å². The van der Waals surface area contributed by atoms with E-state index < -0.39 is 0 Å². The zero-order valence-corrected chi connectivity index (χ0v) is 11.2. The molecular formula is C12H23N5O. The highest BCUT2D eigenvalue weighted by atomic mass is 16.5. The lowest BCUT2D eigenvalue weighted by atomic mass is 10.0. The van der Waals surface area contributed by atoms with Crippen molar-refractivity contribution in [2.24, 2.45) is 12.9 Å². The summed E-state index contributed by atoms with van der Waals surface area (Å²) in [6.07, 6.45) is 5.07. The smallest absolute Gasteiger partial charge is 0.0911 e. The predicted octanol–water partition coefficient (Wildman–Crippen LogP) is 0.0353. The molecule has 3 N–H and O–H groups in total. The summed E-state index contributed by atoms with van der Waals surface area (Å²) < 4.78 is 7.63. The minimum atomic E-state index is -0.00152. The Bertz CT molecular complexity index is 365. The molecule has 2 atom stereocenters. The summed E-state index contributed by atoms with van der Waals surface area (Å²) in [4.78, 5) is 2.43. The summed E-state index contributed by atoms with van der Waals surface area (Å²) in [7, 11) is 1.90. The largest absolute Gasteiger partial charge is 0.374 e. The van der Waals surface area contributed by atoms with Gasteiger partial charge in [-0.25, -0.2) is 0 Å². The van der Waals surface area contributed by atoms with Gasteiger partial charge in [0.1, 0.15) is 0 Å². The zero-order valence-electron chi connectivity index (χ0n) is 11.2. The van der Waals surface area contributed by atoms with Crippen LogP contribution in [0.1, 0.15) is 24.9 Å². The molecule has 0 aromatic carbocycles. The van der Waals surface area contributed by atoms with E-state index in [-0.39, 0.29) is 12.1 Å². The number of hydrazine groups is 1. The molecule has 0 spiro atoms. The predicted molar refractivity (Wildman–Crippen MR) is 69.7 cm³/mol. The quantitative estimate of drug-likeness (QED) is 0.572. The van der Waals surface area contributed by atoms with E-state index in [0.29, 0.717) is 0 Å². The normalized spacial score (nSPS) is 23.2. The molecule has 102 valence electrons. The van der Waals surface area contributed by atoms with Crippen LogP contribution in [0.3, 0.4) is 0 Å². The van der Waals surface area contributed by atoms with Crippen LogP contribution in [0.5, 0.6) is 0 Å². The number of nitrogens with two attached hydrogens (primary N) is 1. The fraction of sp³-hybridized carbons (Fsp3) is 0.750. The average Bonchev–Trinajstić information content (AvgIpc) is 2.78. The third-order valence-electron chi connectivity index (χ3n) is 3.35. The zero-order chi connectivity index (χ0) is 13.0. The van der Waals surface area contributed by atoms with Crippen LogP contribution in [0.4, 0.5) is 0 Å². The van der Waals surface area contributed by atoms with Crippen molar-refractivity contribution in [2.45, 2.75) is 25.5 Å². The molecule has 1 saturated heterocycles. The van der Waals surface area contributed by atoms with Gasteiger partial charge < -0.3 is 4.74 Å². The maximum atomic E-state index is 5.85. The van der Waals surface area contributed by atoms with Gasteiger partial charge in [0.2, 0.25) is 0 Å². The number of hydrogen-bond acceptors (Lipinski definition) is 5. The third kappa shape index (κ3) is 3.08. The monoisotopic (exact) mass is 253 g/mol. The van der Waals surface area contributed by atoms with Gasteiger partial charge in [-0.2, -0.15) is 5.10 Å². The summed E-state index contributed by atoms with van der Waals surface area (Å²) in [6, 6.07) is -0.00152. The first kappa shape index (κ1) is 13.5. The Morgan fingerprint density at radius 3 is 3.11 bits per heavy atom. The van der Waals surface area contributed by atoms with Gasteiger partial charge in [-0.1, -0.05) is 6.92 Å². The first-order valence-electron chi connectivity index (χ1n) is 6.53. The molecule has 0 aliphatic carbocycles. The van der Waals surface area contributed by atoms with E-state index in [4.69, 9.17) is 10.6 Å². The molecule has 6 heteroatoms. The van der Waals surface area contributed by atoms with E-state index in [1.165, 1.54) is 6.42 Å². The molecule has 1 aliphatic rings. The molecule has 1 aromatic rings. The molecule has 2 rings (SSSR count). The SMILES string of the molecule is CCCN1CCOC(C(NN)c2cnn(C)c2)C1. The van der Waals surface area contributed by atoms with Gasteiger partial charge >= 0.3 is 0 Å². The Hall–Kier alpha value is -0.950. The Kier molecular flexibility index (Phi) is 4.71. The fourth-order valence-corrected chi connectivity index (χ4v) is 2.47. The molecule has 2 heterocycles. The first-order valence-corrected chi connectivity index (χ1v) is 6.53. The van der Waals surface area contributed by atoms with Crippen LogP contribution in [0, 0.1) is 0 Å².